The zero-order valence-corrected chi connectivity index (χ0v) is 8.45. The predicted octanol–water partition coefficient (Wildman–Crippen LogP) is 1.31. The maximum atomic E-state index is 11.1. The molecule has 1 saturated carbocycles. The standard InChI is InChI=1S/C10H19NO2/c1-7(11)9(6-10(12)13-2)8-4-3-5-8/h7-9H,3-6,11H2,1-2H3. The van der Waals surface area contributed by atoms with Crippen LogP contribution in [0.25, 0.3) is 0 Å². The lowest BCUT2D eigenvalue weighted by atomic mass is 9.72. The van der Waals surface area contributed by atoms with E-state index in [0.29, 0.717) is 18.3 Å². The molecule has 0 aliphatic heterocycles. The summed E-state index contributed by atoms with van der Waals surface area (Å²) < 4.78 is 4.66. The molecule has 1 aliphatic rings. The Morgan fingerprint density at radius 2 is 2.23 bits per heavy atom. The molecule has 0 saturated heterocycles. The first-order valence-corrected chi connectivity index (χ1v) is 4.97. The third kappa shape index (κ3) is 2.69. The molecule has 1 rings (SSSR count). The first kappa shape index (κ1) is 10.5. The van der Waals surface area contributed by atoms with Crippen molar-refractivity contribution < 1.29 is 9.53 Å². The number of hydrogen-bond acceptors (Lipinski definition) is 3. The number of methoxy groups -OCH3 is 1. The fourth-order valence-electron chi connectivity index (χ4n) is 1.93. The molecule has 0 heterocycles. The van der Waals surface area contributed by atoms with E-state index in [9.17, 15) is 4.79 Å². The lowest BCUT2D eigenvalue weighted by Gasteiger charge is -2.35. The maximum Gasteiger partial charge on any atom is 0.305 e. The monoisotopic (exact) mass is 185 g/mol. The van der Waals surface area contributed by atoms with Gasteiger partial charge in [0.05, 0.1) is 13.5 Å². The zero-order chi connectivity index (χ0) is 9.84. The number of esters is 1. The highest BCUT2D eigenvalue weighted by molar-refractivity contribution is 5.69. The van der Waals surface area contributed by atoms with Gasteiger partial charge >= 0.3 is 5.97 Å². The smallest absolute Gasteiger partial charge is 0.305 e. The molecule has 2 unspecified atom stereocenters. The highest BCUT2D eigenvalue weighted by Gasteiger charge is 2.31. The molecule has 0 aromatic carbocycles. The van der Waals surface area contributed by atoms with Crippen LogP contribution >= 0.6 is 0 Å². The Morgan fingerprint density at radius 3 is 2.54 bits per heavy atom. The summed E-state index contributed by atoms with van der Waals surface area (Å²) in [4.78, 5) is 11.1. The van der Waals surface area contributed by atoms with Crippen molar-refractivity contribution in [1.29, 1.82) is 0 Å². The molecule has 13 heavy (non-hydrogen) atoms. The molecule has 0 spiro atoms. The van der Waals surface area contributed by atoms with Crippen molar-refractivity contribution in [1.82, 2.24) is 0 Å². The van der Waals surface area contributed by atoms with Crippen molar-refractivity contribution in [2.24, 2.45) is 17.6 Å². The van der Waals surface area contributed by atoms with E-state index < -0.39 is 0 Å². The Hall–Kier alpha value is -0.570. The Morgan fingerprint density at radius 1 is 1.62 bits per heavy atom. The fourth-order valence-corrected chi connectivity index (χ4v) is 1.93. The van der Waals surface area contributed by atoms with E-state index in [0.717, 1.165) is 0 Å². The van der Waals surface area contributed by atoms with Crippen molar-refractivity contribution in [3.8, 4) is 0 Å². The molecule has 3 heteroatoms. The van der Waals surface area contributed by atoms with Crippen LogP contribution in [0.2, 0.25) is 0 Å². The molecule has 2 atom stereocenters. The summed E-state index contributed by atoms with van der Waals surface area (Å²) in [6.07, 6.45) is 4.22. The topological polar surface area (TPSA) is 52.3 Å². The zero-order valence-electron chi connectivity index (χ0n) is 8.45. The molecule has 1 fully saturated rings. The molecule has 2 N–H and O–H groups in total. The van der Waals surface area contributed by atoms with Crippen LogP contribution in [0.3, 0.4) is 0 Å². The fraction of sp³-hybridized carbons (Fsp3) is 0.900. The van der Waals surface area contributed by atoms with Crippen LogP contribution in [0, 0.1) is 11.8 Å². The highest BCUT2D eigenvalue weighted by atomic mass is 16.5. The van der Waals surface area contributed by atoms with Gasteiger partial charge in [-0.2, -0.15) is 0 Å². The third-order valence-corrected chi connectivity index (χ3v) is 3.06. The summed E-state index contributed by atoms with van der Waals surface area (Å²) in [5.74, 6) is 0.842. The SMILES string of the molecule is COC(=O)CC(C(C)N)C1CCC1. The molecule has 1 aliphatic carbocycles. The second-order valence-electron chi connectivity index (χ2n) is 3.99. The maximum absolute atomic E-state index is 11.1. The van der Waals surface area contributed by atoms with Gasteiger partial charge in [0, 0.05) is 6.04 Å². The van der Waals surface area contributed by atoms with Crippen molar-refractivity contribution in [3.63, 3.8) is 0 Å². The van der Waals surface area contributed by atoms with Crippen molar-refractivity contribution in [2.45, 2.75) is 38.6 Å². The largest absolute Gasteiger partial charge is 0.469 e. The van der Waals surface area contributed by atoms with E-state index in [4.69, 9.17) is 5.73 Å². The van der Waals surface area contributed by atoms with E-state index in [1.54, 1.807) is 0 Å². The van der Waals surface area contributed by atoms with Crippen LogP contribution in [0.5, 0.6) is 0 Å². The number of hydrogen-bond donors (Lipinski definition) is 1. The summed E-state index contributed by atoms with van der Waals surface area (Å²) in [6.45, 7) is 1.98. The molecular weight excluding hydrogens is 166 g/mol. The number of carbonyl (C=O) groups excluding carboxylic acids is 1. The van der Waals surface area contributed by atoms with Crippen molar-refractivity contribution in [3.05, 3.63) is 0 Å². The van der Waals surface area contributed by atoms with Gasteiger partial charge in [0.15, 0.2) is 0 Å². The van der Waals surface area contributed by atoms with Crippen molar-refractivity contribution in [2.75, 3.05) is 7.11 Å². The summed E-state index contributed by atoms with van der Waals surface area (Å²) in [5, 5.41) is 0. The van der Waals surface area contributed by atoms with E-state index in [1.807, 2.05) is 6.92 Å². The second kappa shape index (κ2) is 4.61. The lowest BCUT2D eigenvalue weighted by molar-refractivity contribution is -0.142. The minimum absolute atomic E-state index is 0.101. The van der Waals surface area contributed by atoms with E-state index in [-0.39, 0.29) is 12.0 Å². The minimum atomic E-state index is -0.130. The highest BCUT2D eigenvalue weighted by Crippen LogP contribution is 2.36. The Kier molecular flexibility index (Phi) is 3.72. The molecular formula is C10H19NO2. The number of rotatable bonds is 4. The van der Waals surface area contributed by atoms with Gasteiger partial charge in [-0.25, -0.2) is 0 Å². The number of nitrogens with two attached hydrogens (primary N) is 1. The lowest BCUT2D eigenvalue weighted by Crippen LogP contribution is -2.37. The van der Waals surface area contributed by atoms with Crippen LogP contribution in [0.15, 0.2) is 0 Å². The summed E-state index contributed by atoms with van der Waals surface area (Å²) in [6, 6.07) is 0.101. The quantitative estimate of drug-likeness (QED) is 0.672. The first-order valence-electron chi connectivity index (χ1n) is 4.97. The average Bonchev–Trinajstić information content (AvgIpc) is 1.99. The van der Waals surface area contributed by atoms with Crippen LogP contribution < -0.4 is 5.73 Å². The number of ether oxygens (including phenoxy) is 1. The molecule has 3 nitrogen and oxygen atoms in total. The van der Waals surface area contributed by atoms with Crippen LogP contribution in [-0.2, 0) is 9.53 Å². The van der Waals surface area contributed by atoms with Gasteiger partial charge in [-0.05, 0) is 18.8 Å². The van der Waals surface area contributed by atoms with Crippen LogP contribution in [0.1, 0.15) is 32.6 Å². The summed E-state index contributed by atoms with van der Waals surface area (Å²) >= 11 is 0. The van der Waals surface area contributed by atoms with Crippen LogP contribution in [-0.4, -0.2) is 19.1 Å². The molecule has 0 radical (unpaired) electrons. The first-order chi connectivity index (χ1) is 6.15. The van der Waals surface area contributed by atoms with Crippen LogP contribution in [0.4, 0.5) is 0 Å². The summed E-state index contributed by atoms with van der Waals surface area (Å²) in [7, 11) is 1.43. The van der Waals surface area contributed by atoms with Gasteiger partial charge in [-0.3, -0.25) is 4.79 Å². The van der Waals surface area contributed by atoms with Gasteiger partial charge in [-0.15, -0.1) is 0 Å². The Bertz CT molecular complexity index is 176. The normalized spacial score (nSPS) is 21.8. The van der Waals surface area contributed by atoms with Gasteiger partial charge < -0.3 is 10.5 Å². The molecule has 0 bridgehead atoms. The molecule has 76 valence electrons. The number of carbonyl (C=O) groups is 1. The van der Waals surface area contributed by atoms with E-state index in [1.165, 1.54) is 26.4 Å². The van der Waals surface area contributed by atoms with E-state index in [2.05, 4.69) is 4.74 Å². The molecule has 0 amide bonds. The Labute approximate surface area is 79.6 Å². The second-order valence-corrected chi connectivity index (χ2v) is 3.99. The van der Waals surface area contributed by atoms with Gasteiger partial charge in [0.2, 0.25) is 0 Å². The Balaban J connectivity index is 2.42. The van der Waals surface area contributed by atoms with Crippen molar-refractivity contribution >= 4 is 5.97 Å². The molecule has 0 aromatic heterocycles. The van der Waals surface area contributed by atoms with Gasteiger partial charge in [-0.1, -0.05) is 19.3 Å². The van der Waals surface area contributed by atoms with Gasteiger partial charge in [0.1, 0.15) is 0 Å². The predicted molar refractivity (Wildman–Crippen MR) is 51.1 cm³/mol. The summed E-state index contributed by atoms with van der Waals surface area (Å²) in [5.41, 5.74) is 5.84. The average molecular weight is 185 g/mol. The van der Waals surface area contributed by atoms with E-state index >= 15 is 0 Å². The van der Waals surface area contributed by atoms with Gasteiger partial charge in [0.25, 0.3) is 0 Å². The third-order valence-electron chi connectivity index (χ3n) is 3.06. The minimum Gasteiger partial charge on any atom is -0.469 e. The molecule has 0 aromatic rings.